The molecule has 1 rings (SSSR count). The van der Waals surface area contributed by atoms with Gasteiger partial charge in [-0.2, -0.15) is 0 Å². The topological polar surface area (TPSA) is 40.6 Å². The number of piperazine rings is 1. The lowest BCUT2D eigenvalue weighted by Crippen LogP contribution is -2.47. The minimum absolute atomic E-state index is 0.0315. The van der Waals surface area contributed by atoms with Gasteiger partial charge in [-0.05, 0) is 7.05 Å². The van der Waals surface area contributed by atoms with Gasteiger partial charge in [-0.15, -0.1) is 0 Å². The maximum Gasteiger partial charge on any atom is 0.229 e. The van der Waals surface area contributed by atoms with Crippen molar-refractivity contribution in [3.63, 3.8) is 0 Å². The van der Waals surface area contributed by atoms with Crippen LogP contribution in [0.4, 0.5) is 0 Å². The third-order valence-corrected chi connectivity index (χ3v) is 2.11. The van der Waals surface area contributed by atoms with Crippen LogP contribution in [-0.4, -0.2) is 55.2 Å². The van der Waals surface area contributed by atoms with Crippen LogP contribution in [0.1, 0.15) is 6.42 Å². The summed E-state index contributed by atoms with van der Waals surface area (Å²) in [4.78, 5) is 25.2. The van der Waals surface area contributed by atoms with E-state index in [9.17, 15) is 9.59 Å². The van der Waals surface area contributed by atoms with Crippen LogP contribution in [0.15, 0.2) is 0 Å². The molecule has 0 atom stereocenters. The van der Waals surface area contributed by atoms with E-state index in [1.807, 2.05) is 7.05 Å². The Bertz CT molecular complexity index is 174. The minimum Gasteiger partial charge on any atom is -0.340 e. The molecule has 0 aromatic rings. The lowest BCUT2D eigenvalue weighted by atomic mass is 10.3. The molecule has 0 spiro atoms. The largest absolute Gasteiger partial charge is 0.340 e. The smallest absolute Gasteiger partial charge is 0.229 e. The first-order chi connectivity index (χ1) is 5.74. The Kier molecular flexibility index (Phi) is 3.22. The Labute approximate surface area is 72.1 Å². The van der Waals surface area contributed by atoms with Crippen LogP contribution in [0.2, 0.25) is 0 Å². The molecule has 1 heterocycles. The standard InChI is InChI=1S/C8H14N2O2/c1-9-3-5-10(6-4-9)8(12)2-7-11/h7H,2-6H2,1H3. The molecule has 4 nitrogen and oxygen atoms in total. The first-order valence-corrected chi connectivity index (χ1v) is 4.14. The van der Waals surface area contributed by atoms with Crippen molar-refractivity contribution in [2.45, 2.75) is 6.42 Å². The van der Waals surface area contributed by atoms with Gasteiger partial charge in [0.2, 0.25) is 5.91 Å². The average molecular weight is 170 g/mol. The molecule has 0 N–H and O–H groups in total. The fourth-order valence-electron chi connectivity index (χ4n) is 1.26. The summed E-state index contributed by atoms with van der Waals surface area (Å²) in [5.74, 6) is -0.0434. The third-order valence-electron chi connectivity index (χ3n) is 2.11. The summed E-state index contributed by atoms with van der Waals surface area (Å²) in [6, 6.07) is 0. The van der Waals surface area contributed by atoms with Crippen molar-refractivity contribution in [3.05, 3.63) is 0 Å². The van der Waals surface area contributed by atoms with E-state index in [1.54, 1.807) is 4.90 Å². The van der Waals surface area contributed by atoms with Crippen LogP contribution in [-0.2, 0) is 9.59 Å². The average Bonchev–Trinajstić information content (AvgIpc) is 2.06. The Hall–Kier alpha value is -0.900. The van der Waals surface area contributed by atoms with Crippen molar-refractivity contribution >= 4 is 12.2 Å². The number of aldehydes is 1. The molecule has 1 aliphatic heterocycles. The highest BCUT2D eigenvalue weighted by molar-refractivity contribution is 5.88. The first kappa shape index (κ1) is 9.19. The molecule has 1 fully saturated rings. The summed E-state index contributed by atoms with van der Waals surface area (Å²) in [6.07, 6.45) is 0.699. The number of rotatable bonds is 2. The molecule has 0 saturated carbocycles. The van der Waals surface area contributed by atoms with E-state index < -0.39 is 0 Å². The van der Waals surface area contributed by atoms with Gasteiger partial charge in [0.15, 0.2) is 0 Å². The number of nitrogens with zero attached hydrogens (tertiary/aromatic N) is 2. The molecule has 0 aromatic carbocycles. The van der Waals surface area contributed by atoms with Crippen LogP contribution in [0, 0.1) is 0 Å². The van der Waals surface area contributed by atoms with E-state index in [2.05, 4.69) is 4.90 Å². The highest BCUT2D eigenvalue weighted by Crippen LogP contribution is 2.00. The molecule has 1 saturated heterocycles. The summed E-state index contributed by atoms with van der Waals surface area (Å²) in [7, 11) is 2.03. The molecule has 1 amide bonds. The van der Waals surface area contributed by atoms with Crippen LogP contribution in [0.25, 0.3) is 0 Å². The summed E-state index contributed by atoms with van der Waals surface area (Å²) in [5.41, 5.74) is 0. The first-order valence-electron chi connectivity index (χ1n) is 4.14. The van der Waals surface area contributed by atoms with Gasteiger partial charge in [-0.3, -0.25) is 4.79 Å². The van der Waals surface area contributed by atoms with Gasteiger partial charge in [-0.1, -0.05) is 0 Å². The number of carbonyl (C=O) groups excluding carboxylic acids is 2. The summed E-state index contributed by atoms with van der Waals surface area (Å²) in [6.45, 7) is 3.32. The van der Waals surface area contributed by atoms with Gasteiger partial charge in [0, 0.05) is 26.2 Å². The second-order valence-corrected chi connectivity index (χ2v) is 3.05. The van der Waals surface area contributed by atoms with Crippen LogP contribution >= 0.6 is 0 Å². The number of likely N-dealkylation sites (N-methyl/N-ethyl adjacent to an activating group) is 1. The van der Waals surface area contributed by atoms with E-state index >= 15 is 0 Å². The van der Waals surface area contributed by atoms with Gasteiger partial charge < -0.3 is 14.6 Å². The van der Waals surface area contributed by atoms with Gasteiger partial charge in [0.25, 0.3) is 0 Å². The van der Waals surface area contributed by atoms with Gasteiger partial charge in [0.1, 0.15) is 6.29 Å². The molecule has 0 aliphatic carbocycles. The molecular weight excluding hydrogens is 156 g/mol. The van der Waals surface area contributed by atoms with Crippen molar-refractivity contribution < 1.29 is 9.59 Å². The van der Waals surface area contributed by atoms with E-state index in [-0.39, 0.29) is 12.3 Å². The third kappa shape index (κ3) is 2.30. The minimum atomic E-state index is -0.0434. The summed E-state index contributed by atoms with van der Waals surface area (Å²) < 4.78 is 0. The SMILES string of the molecule is CN1CCN(C(=O)CC=O)CC1. The van der Waals surface area contributed by atoms with Gasteiger partial charge in [0.05, 0.1) is 6.42 Å². The fourth-order valence-corrected chi connectivity index (χ4v) is 1.26. The summed E-state index contributed by atoms with van der Waals surface area (Å²) in [5, 5.41) is 0. The fraction of sp³-hybridized carbons (Fsp3) is 0.750. The molecule has 12 heavy (non-hydrogen) atoms. The van der Waals surface area contributed by atoms with E-state index in [1.165, 1.54) is 0 Å². The zero-order valence-corrected chi connectivity index (χ0v) is 7.32. The Morgan fingerprint density at radius 2 is 1.92 bits per heavy atom. The number of hydrogen-bond donors (Lipinski definition) is 0. The van der Waals surface area contributed by atoms with E-state index in [0.29, 0.717) is 6.29 Å². The molecule has 0 unspecified atom stereocenters. The van der Waals surface area contributed by atoms with Crippen molar-refractivity contribution in [1.82, 2.24) is 9.80 Å². The number of hydrogen-bond acceptors (Lipinski definition) is 3. The maximum atomic E-state index is 11.2. The molecule has 4 heteroatoms. The molecule has 0 bridgehead atoms. The van der Waals surface area contributed by atoms with Crippen molar-refractivity contribution in [3.8, 4) is 0 Å². The molecular formula is C8H14N2O2. The predicted molar refractivity (Wildman–Crippen MR) is 44.8 cm³/mol. The number of carbonyl (C=O) groups is 2. The lowest BCUT2D eigenvalue weighted by molar-refractivity contribution is -0.134. The predicted octanol–water partition coefficient (Wildman–Crippen LogP) is -0.651. The Morgan fingerprint density at radius 1 is 1.33 bits per heavy atom. The lowest BCUT2D eigenvalue weighted by Gasteiger charge is -2.32. The molecule has 68 valence electrons. The van der Waals surface area contributed by atoms with Gasteiger partial charge >= 0.3 is 0 Å². The Balaban J connectivity index is 2.33. The van der Waals surface area contributed by atoms with E-state index in [0.717, 1.165) is 26.2 Å². The van der Waals surface area contributed by atoms with E-state index in [4.69, 9.17) is 0 Å². The molecule has 0 aromatic heterocycles. The normalized spacial score (nSPS) is 19.2. The van der Waals surface area contributed by atoms with Crippen LogP contribution in [0.5, 0.6) is 0 Å². The second-order valence-electron chi connectivity index (χ2n) is 3.05. The van der Waals surface area contributed by atoms with Crippen LogP contribution in [0.3, 0.4) is 0 Å². The number of amides is 1. The monoisotopic (exact) mass is 170 g/mol. The molecule has 0 radical (unpaired) electrons. The maximum absolute atomic E-state index is 11.2. The van der Waals surface area contributed by atoms with Gasteiger partial charge in [-0.25, -0.2) is 0 Å². The molecule has 1 aliphatic rings. The van der Waals surface area contributed by atoms with Crippen molar-refractivity contribution in [2.24, 2.45) is 0 Å². The van der Waals surface area contributed by atoms with Crippen LogP contribution < -0.4 is 0 Å². The zero-order chi connectivity index (χ0) is 8.97. The van der Waals surface area contributed by atoms with Crippen molar-refractivity contribution in [1.29, 1.82) is 0 Å². The Morgan fingerprint density at radius 3 is 2.42 bits per heavy atom. The highest BCUT2D eigenvalue weighted by atomic mass is 16.2. The van der Waals surface area contributed by atoms with Crippen molar-refractivity contribution in [2.75, 3.05) is 33.2 Å². The highest BCUT2D eigenvalue weighted by Gasteiger charge is 2.17. The quantitative estimate of drug-likeness (QED) is 0.408. The summed E-state index contributed by atoms with van der Waals surface area (Å²) >= 11 is 0. The second kappa shape index (κ2) is 4.21. The zero-order valence-electron chi connectivity index (χ0n) is 7.32.